The molecule has 0 rings (SSSR count). The minimum Gasteiger partial charge on any atom is -0.412 e. The molecule has 0 aliphatic heterocycles. The van der Waals surface area contributed by atoms with Gasteiger partial charge in [0.2, 0.25) is 0 Å². The van der Waals surface area contributed by atoms with Crippen LogP contribution in [0.1, 0.15) is 0 Å². The zero-order valence-electron chi connectivity index (χ0n) is 5.66. The SMILES string of the molecule is O.O.O.O.O=[N+]([O-])[O-].O=[N+]([O-])[O-].[Ni+2]. The Morgan fingerprint density at radius 2 is 0.615 bits per heavy atom. The normalized spacial score (nSPS) is 3.69. The second-order valence-electron chi connectivity index (χ2n) is 0.447. The Kier molecular flexibility index (Phi) is 211. The number of hydrogen-bond acceptors (Lipinski definition) is 6. The molecular formula is H8N2NiO10. The van der Waals surface area contributed by atoms with Crippen molar-refractivity contribution in [3.63, 3.8) is 0 Å². The van der Waals surface area contributed by atoms with Crippen molar-refractivity contribution in [3.05, 3.63) is 30.6 Å². The van der Waals surface area contributed by atoms with Gasteiger partial charge in [-0.1, -0.05) is 0 Å². The van der Waals surface area contributed by atoms with Crippen LogP contribution in [0.4, 0.5) is 0 Å². The molecule has 0 aromatic rings. The molecule has 0 saturated carbocycles. The largest absolute Gasteiger partial charge is 2.00 e. The van der Waals surface area contributed by atoms with Gasteiger partial charge in [-0.3, -0.25) is 0 Å². The molecule has 0 amide bonds. The van der Waals surface area contributed by atoms with Crippen molar-refractivity contribution in [1.82, 2.24) is 0 Å². The van der Waals surface area contributed by atoms with E-state index in [4.69, 9.17) is 30.6 Å². The van der Waals surface area contributed by atoms with Gasteiger partial charge in [0.15, 0.2) is 0 Å². The van der Waals surface area contributed by atoms with E-state index >= 15 is 0 Å². The smallest absolute Gasteiger partial charge is 0.412 e. The first-order valence-corrected chi connectivity index (χ1v) is 1.10. The third-order valence-corrected chi connectivity index (χ3v) is 0. The van der Waals surface area contributed by atoms with Crippen molar-refractivity contribution < 1.29 is 48.6 Å². The Hall–Kier alpha value is -1.27. The zero-order chi connectivity index (χ0) is 7.15. The van der Waals surface area contributed by atoms with Gasteiger partial charge in [-0.2, -0.15) is 0 Å². The Balaban J connectivity index is -0.00000000800. The Bertz CT molecular complexity index is 70.9. The van der Waals surface area contributed by atoms with Crippen LogP contribution in [0.2, 0.25) is 0 Å². The standard InChI is InChI=1S/2NO3.Ni.4H2O/c2*2-1(3)4;;;;;/h;;;4*1H2/q2*-1;+2;;;;. The summed E-state index contributed by atoms with van der Waals surface area (Å²) in [7, 11) is 0. The van der Waals surface area contributed by atoms with Crippen LogP contribution in [0.3, 0.4) is 0 Å². The fourth-order valence-electron chi connectivity index (χ4n) is 0. The molecule has 0 aliphatic rings. The summed E-state index contributed by atoms with van der Waals surface area (Å²) in [6, 6.07) is 0. The molecule has 0 unspecified atom stereocenters. The van der Waals surface area contributed by atoms with Crippen molar-refractivity contribution in [1.29, 1.82) is 0 Å². The van der Waals surface area contributed by atoms with E-state index in [9.17, 15) is 0 Å². The van der Waals surface area contributed by atoms with E-state index in [2.05, 4.69) is 0 Å². The van der Waals surface area contributed by atoms with E-state index in [1.165, 1.54) is 0 Å². The number of nitrogens with zero attached hydrogens (tertiary/aromatic N) is 2. The first kappa shape index (κ1) is 60.3. The van der Waals surface area contributed by atoms with Crippen LogP contribution < -0.4 is 0 Å². The van der Waals surface area contributed by atoms with Crippen LogP contribution in [-0.2, 0) is 16.5 Å². The molecule has 13 heteroatoms. The first-order valence-electron chi connectivity index (χ1n) is 1.10. The van der Waals surface area contributed by atoms with Crippen LogP contribution in [0.5, 0.6) is 0 Å². The summed E-state index contributed by atoms with van der Waals surface area (Å²) in [6.45, 7) is 0. The Labute approximate surface area is 80.2 Å². The van der Waals surface area contributed by atoms with Crippen molar-refractivity contribution in [2.75, 3.05) is 0 Å². The van der Waals surface area contributed by atoms with Gasteiger partial charge in [-0.25, -0.2) is 0 Å². The minimum atomic E-state index is -1.75. The summed E-state index contributed by atoms with van der Waals surface area (Å²) in [5.41, 5.74) is 0. The molecule has 0 bridgehead atoms. The van der Waals surface area contributed by atoms with Crippen LogP contribution in [0.15, 0.2) is 0 Å². The van der Waals surface area contributed by atoms with E-state index in [0.29, 0.717) is 0 Å². The predicted octanol–water partition coefficient (Wildman–Crippen LogP) is -3.78. The van der Waals surface area contributed by atoms with Gasteiger partial charge in [-0.15, -0.1) is 0 Å². The first-order chi connectivity index (χ1) is 3.46. The van der Waals surface area contributed by atoms with Crippen LogP contribution >= 0.6 is 0 Å². The van der Waals surface area contributed by atoms with Crippen molar-refractivity contribution >= 4 is 0 Å². The Morgan fingerprint density at radius 3 is 0.615 bits per heavy atom. The fourth-order valence-corrected chi connectivity index (χ4v) is 0. The summed E-state index contributed by atoms with van der Waals surface area (Å²) in [4.78, 5) is 16.5. The predicted molar refractivity (Wildman–Crippen MR) is 35.2 cm³/mol. The molecule has 0 radical (unpaired) electrons. The van der Waals surface area contributed by atoms with E-state index in [-0.39, 0.29) is 38.4 Å². The molecule has 0 fully saturated rings. The molecule has 0 spiro atoms. The number of rotatable bonds is 0. The summed E-state index contributed by atoms with van der Waals surface area (Å²) in [5, 5.41) is 29.5. The summed E-state index contributed by atoms with van der Waals surface area (Å²) >= 11 is 0. The third kappa shape index (κ3) is 510. The van der Waals surface area contributed by atoms with Gasteiger partial charge >= 0.3 is 16.5 Å². The quantitative estimate of drug-likeness (QED) is 0.237. The molecule has 0 aliphatic carbocycles. The molecule has 0 aromatic carbocycles. The average molecular weight is 255 g/mol. The van der Waals surface area contributed by atoms with Crippen molar-refractivity contribution in [2.24, 2.45) is 0 Å². The van der Waals surface area contributed by atoms with Crippen LogP contribution in [0, 0.1) is 30.6 Å². The second-order valence-corrected chi connectivity index (χ2v) is 0.447. The van der Waals surface area contributed by atoms with Gasteiger partial charge in [-0.05, 0) is 0 Å². The summed E-state index contributed by atoms with van der Waals surface area (Å²) < 4.78 is 0. The third-order valence-electron chi connectivity index (χ3n) is 0. The van der Waals surface area contributed by atoms with Gasteiger partial charge in [0, 0.05) is 0 Å². The second kappa shape index (κ2) is 45.4. The molecule has 0 aromatic heterocycles. The minimum absolute atomic E-state index is 0. The molecule has 88 valence electrons. The maximum atomic E-state index is 8.25. The fraction of sp³-hybridized carbons (Fsp3) is 0. The van der Waals surface area contributed by atoms with Crippen molar-refractivity contribution in [3.8, 4) is 0 Å². The van der Waals surface area contributed by atoms with E-state index in [1.54, 1.807) is 0 Å². The van der Waals surface area contributed by atoms with Gasteiger partial charge in [0.05, 0.1) is 10.2 Å². The van der Waals surface area contributed by atoms with Gasteiger partial charge < -0.3 is 52.5 Å². The van der Waals surface area contributed by atoms with Crippen LogP contribution in [-0.4, -0.2) is 32.1 Å². The molecule has 13 heavy (non-hydrogen) atoms. The summed E-state index contributed by atoms with van der Waals surface area (Å²) in [6.07, 6.45) is 0. The van der Waals surface area contributed by atoms with Gasteiger partial charge in [0.1, 0.15) is 0 Å². The maximum Gasteiger partial charge on any atom is 2.00 e. The van der Waals surface area contributed by atoms with Crippen molar-refractivity contribution in [2.45, 2.75) is 0 Å². The maximum absolute atomic E-state index is 8.25. The number of hydrogen-bond donors (Lipinski definition) is 0. The summed E-state index contributed by atoms with van der Waals surface area (Å²) in [5.74, 6) is 0. The van der Waals surface area contributed by atoms with E-state index < -0.39 is 10.2 Å². The van der Waals surface area contributed by atoms with Gasteiger partial charge in [0.25, 0.3) is 0 Å². The molecule has 0 saturated heterocycles. The molecule has 0 heterocycles. The monoisotopic (exact) mass is 254 g/mol. The average Bonchev–Trinajstić information content (AvgIpc) is 1.25. The van der Waals surface area contributed by atoms with E-state index in [0.717, 1.165) is 0 Å². The zero-order valence-corrected chi connectivity index (χ0v) is 6.65. The Morgan fingerprint density at radius 1 is 0.615 bits per heavy atom. The van der Waals surface area contributed by atoms with Crippen LogP contribution in [0.25, 0.3) is 0 Å². The molecular weight excluding hydrogens is 247 g/mol. The molecule has 0 atom stereocenters. The molecule has 8 N–H and O–H groups in total. The van der Waals surface area contributed by atoms with E-state index in [1.807, 2.05) is 0 Å². The topological polar surface area (TPSA) is 258 Å². The molecule has 12 nitrogen and oxygen atoms in total.